The first-order valence-corrected chi connectivity index (χ1v) is 10.6. The number of hydrogen-bond acceptors (Lipinski definition) is 6. The van der Waals surface area contributed by atoms with Gasteiger partial charge in [-0.15, -0.1) is 0 Å². The van der Waals surface area contributed by atoms with Crippen LogP contribution in [-0.4, -0.2) is 84.9 Å². The molecular weight excluding hydrogens is 358 g/mol. The first-order valence-electron chi connectivity index (χ1n) is 9.04. The van der Waals surface area contributed by atoms with Gasteiger partial charge in [-0.05, 0) is 13.8 Å². The predicted molar refractivity (Wildman–Crippen MR) is 96.3 cm³/mol. The van der Waals surface area contributed by atoms with E-state index in [1.165, 1.54) is 4.31 Å². The number of H-pyrrole nitrogens is 1. The third-order valence-electron chi connectivity index (χ3n) is 4.72. The molecule has 1 fully saturated rings. The van der Waals surface area contributed by atoms with Crippen LogP contribution in [0.15, 0.2) is 0 Å². The fourth-order valence-electron chi connectivity index (χ4n) is 3.24. The van der Waals surface area contributed by atoms with E-state index in [9.17, 15) is 13.2 Å². The number of hydrogen-bond donors (Lipinski definition) is 2. The molecule has 0 atom stereocenters. The molecule has 2 N–H and O–H groups in total. The lowest BCUT2D eigenvalue weighted by molar-refractivity contribution is 0.0686. The van der Waals surface area contributed by atoms with Gasteiger partial charge in [-0.3, -0.25) is 9.89 Å². The Hall–Kier alpha value is -1.49. The molecule has 0 saturated carbocycles. The molecule has 1 aromatic rings. The molecule has 1 saturated heterocycles. The van der Waals surface area contributed by atoms with Gasteiger partial charge in [0.2, 0.25) is 10.0 Å². The van der Waals surface area contributed by atoms with E-state index in [1.807, 2.05) is 13.8 Å². The summed E-state index contributed by atoms with van der Waals surface area (Å²) in [6.45, 7) is 6.81. The van der Waals surface area contributed by atoms with Crippen LogP contribution in [0.4, 0.5) is 0 Å². The van der Waals surface area contributed by atoms with Crippen molar-refractivity contribution in [1.29, 1.82) is 0 Å². The minimum Gasteiger partial charge on any atom is -0.378 e. The van der Waals surface area contributed by atoms with E-state index in [0.29, 0.717) is 38.4 Å². The van der Waals surface area contributed by atoms with Gasteiger partial charge < -0.3 is 15.0 Å². The molecule has 0 spiro atoms. The van der Waals surface area contributed by atoms with E-state index in [4.69, 9.17) is 4.74 Å². The summed E-state index contributed by atoms with van der Waals surface area (Å²) < 4.78 is 31.5. The lowest BCUT2D eigenvalue weighted by Gasteiger charge is -2.34. The van der Waals surface area contributed by atoms with Gasteiger partial charge in [0.15, 0.2) is 5.69 Å². The number of fused-ring (bicyclic) bond motifs is 1. The lowest BCUT2D eigenvalue weighted by Crippen LogP contribution is -2.51. The molecule has 0 radical (unpaired) electrons. The molecule has 3 rings (SSSR count). The van der Waals surface area contributed by atoms with Crippen LogP contribution in [0.1, 0.15) is 35.6 Å². The second kappa shape index (κ2) is 8.03. The number of nitrogens with one attached hydrogen (secondary N) is 2. The summed E-state index contributed by atoms with van der Waals surface area (Å²) in [7, 11) is -3.36. The Morgan fingerprint density at radius 3 is 2.69 bits per heavy atom. The second-order valence-electron chi connectivity index (χ2n) is 6.88. The largest absolute Gasteiger partial charge is 0.378 e. The van der Waals surface area contributed by atoms with E-state index in [0.717, 1.165) is 24.2 Å². The number of nitrogens with zero attached hydrogens (tertiary/aromatic N) is 3. The molecule has 0 aromatic carbocycles. The highest BCUT2D eigenvalue weighted by molar-refractivity contribution is 7.89. The van der Waals surface area contributed by atoms with Crippen LogP contribution in [-0.2, 0) is 27.7 Å². The normalized spacial score (nSPS) is 19.0. The van der Waals surface area contributed by atoms with Gasteiger partial charge in [-0.1, -0.05) is 0 Å². The molecule has 9 nitrogen and oxygen atoms in total. The Balaban J connectivity index is 1.56. The van der Waals surface area contributed by atoms with E-state index < -0.39 is 10.0 Å². The maximum atomic E-state index is 12.8. The molecule has 146 valence electrons. The molecule has 1 aromatic heterocycles. The number of aromatic nitrogens is 2. The van der Waals surface area contributed by atoms with Crippen molar-refractivity contribution < 1.29 is 17.9 Å². The summed E-state index contributed by atoms with van der Waals surface area (Å²) in [4.78, 5) is 14.4. The quantitative estimate of drug-likeness (QED) is 0.688. The van der Waals surface area contributed by atoms with Crippen LogP contribution in [0, 0.1) is 0 Å². The minimum absolute atomic E-state index is 0.00828. The molecule has 26 heavy (non-hydrogen) atoms. The van der Waals surface area contributed by atoms with Crippen molar-refractivity contribution in [2.75, 3.05) is 45.1 Å². The number of aromatic amines is 1. The van der Waals surface area contributed by atoms with Crippen molar-refractivity contribution in [2.45, 2.75) is 32.9 Å². The Morgan fingerprint density at radius 1 is 1.27 bits per heavy atom. The van der Waals surface area contributed by atoms with Gasteiger partial charge in [0.05, 0.1) is 18.5 Å². The van der Waals surface area contributed by atoms with Crippen LogP contribution >= 0.6 is 0 Å². The van der Waals surface area contributed by atoms with Crippen molar-refractivity contribution >= 4 is 15.9 Å². The average molecular weight is 385 g/mol. The summed E-state index contributed by atoms with van der Waals surface area (Å²) in [5.74, 6) is -0.163. The van der Waals surface area contributed by atoms with Crippen molar-refractivity contribution in [2.24, 2.45) is 0 Å². The van der Waals surface area contributed by atoms with Crippen LogP contribution in [0.5, 0.6) is 0 Å². The number of amides is 1. The number of carbonyl (C=O) groups excluding carboxylic acids is 1. The lowest BCUT2D eigenvalue weighted by atomic mass is 10.1. The number of piperazine rings is 1. The summed E-state index contributed by atoms with van der Waals surface area (Å²) in [5, 5.41) is 10.4. The first kappa shape index (κ1) is 19.3. The second-order valence-corrected chi connectivity index (χ2v) is 8.97. The minimum atomic E-state index is -3.36. The summed E-state index contributed by atoms with van der Waals surface area (Å²) in [6.07, 6.45) is 0.842. The maximum Gasteiger partial charge on any atom is 0.274 e. The first-order chi connectivity index (χ1) is 12.4. The van der Waals surface area contributed by atoms with E-state index in [-0.39, 0.29) is 24.4 Å². The Kier molecular flexibility index (Phi) is 5.96. The third-order valence-corrected chi connectivity index (χ3v) is 6.56. The van der Waals surface area contributed by atoms with E-state index >= 15 is 0 Å². The molecule has 1 amide bonds. The van der Waals surface area contributed by atoms with Gasteiger partial charge >= 0.3 is 0 Å². The highest BCUT2D eigenvalue weighted by Crippen LogP contribution is 2.18. The standard InChI is InChI=1S/C16H27N5O4S/c1-12(2)25-9-10-26(23,24)21-7-5-20(6-8-21)16(22)15-13-11-17-4-3-14(13)18-19-15/h12,17H,3-11H2,1-2H3,(H,18,19). The highest BCUT2D eigenvalue weighted by atomic mass is 32.2. The summed E-state index contributed by atoms with van der Waals surface area (Å²) in [5.41, 5.74) is 2.40. The monoisotopic (exact) mass is 385 g/mol. The SMILES string of the molecule is CC(C)OCCS(=O)(=O)N1CCN(C(=O)c2n[nH]c3c2CNCC3)CC1. The summed E-state index contributed by atoms with van der Waals surface area (Å²) >= 11 is 0. The molecule has 0 bridgehead atoms. The van der Waals surface area contributed by atoms with Gasteiger partial charge in [0.25, 0.3) is 5.91 Å². The van der Waals surface area contributed by atoms with Gasteiger partial charge in [0.1, 0.15) is 0 Å². The Labute approximate surface area is 154 Å². The number of rotatable bonds is 6. The van der Waals surface area contributed by atoms with Gasteiger partial charge in [-0.25, -0.2) is 8.42 Å². The smallest absolute Gasteiger partial charge is 0.274 e. The number of carbonyl (C=O) groups is 1. The molecular formula is C16H27N5O4S. The highest BCUT2D eigenvalue weighted by Gasteiger charge is 2.31. The Bertz CT molecular complexity index is 738. The molecule has 0 unspecified atom stereocenters. The molecule has 0 aliphatic carbocycles. The molecule has 3 heterocycles. The van der Waals surface area contributed by atoms with Crippen molar-refractivity contribution in [3.05, 3.63) is 17.0 Å². The van der Waals surface area contributed by atoms with Gasteiger partial charge in [0, 0.05) is 56.9 Å². The summed E-state index contributed by atoms with van der Waals surface area (Å²) in [6, 6.07) is 0. The van der Waals surface area contributed by atoms with Crippen LogP contribution < -0.4 is 5.32 Å². The zero-order valence-corrected chi connectivity index (χ0v) is 16.1. The van der Waals surface area contributed by atoms with Crippen LogP contribution in [0.2, 0.25) is 0 Å². The number of ether oxygens (including phenoxy) is 1. The zero-order chi connectivity index (χ0) is 18.7. The zero-order valence-electron chi connectivity index (χ0n) is 15.3. The topological polar surface area (TPSA) is 108 Å². The maximum absolute atomic E-state index is 12.8. The molecule has 2 aliphatic rings. The van der Waals surface area contributed by atoms with Crippen LogP contribution in [0.3, 0.4) is 0 Å². The van der Waals surface area contributed by atoms with Crippen molar-refractivity contribution in [3.8, 4) is 0 Å². The third kappa shape index (κ3) is 4.25. The van der Waals surface area contributed by atoms with Crippen molar-refractivity contribution in [3.63, 3.8) is 0 Å². The average Bonchev–Trinajstić information content (AvgIpc) is 3.05. The van der Waals surface area contributed by atoms with Crippen molar-refractivity contribution in [1.82, 2.24) is 24.7 Å². The fraction of sp³-hybridized carbons (Fsp3) is 0.750. The number of sulfonamides is 1. The van der Waals surface area contributed by atoms with E-state index in [2.05, 4.69) is 15.5 Å². The molecule has 2 aliphatic heterocycles. The van der Waals surface area contributed by atoms with E-state index in [1.54, 1.807) is 4.90 Å². The predicted octanol–water partition coefficient (Wildman–Crippen LogP) is -0.432. The van der Waals surface area contributed by atoms with Crippen LogP contribution in [0.25, 0.3) is 0 Å². The molecule has 10 heteroatoms. The fourth-order valence-corrected chi connectivity index (χ4v) is 4.52. The Morgan fingerprint density at radius 2 is 2.00 bits per heavy atom. The van der Waals surface area contributed by atoms with Gasteiger partial charge in [-0.2, -0.15) is 9.40 Å².